The van der Waals surface area contributed by atoms with Crippen LogP contribution in [-0.4, -0.2) is 27.2 Å². The SMILES string of the molecule is O=C(c1ccc2c(c1)[nH]c(=O)c1cnn(C3CCCC3)c12)N1CCc2cc(Cl)ccc21. The number of nitrogens with one attached hydrogen (secondary N) is 1. The number of aromatic nitrogens is 3. The van der Waals surface area contributed by atoms with Crippen molar-refractivity contribution in [2.45, 2.75) is 38.1 Å². The molecule has 0 bridgehead atoms. The fourth-order valence-corrected chi connectivity index (χ4v) is 5.33. The van der Waals surface area contributed by atoms with Crippen molar-refractivity contribution < 1.29 is 4.79 Å². The Bertz CT molecular complexity index is 1410. The molecule has 1 N–H and O–H groups in total. The molecule has 6 nitrogen and oxygen atoms in total. The zero-order chi connectivity index (χ0) is 21.1. The fraction of sp³-hybridized carbons (Fsp3) is 0.292. The quantitative estimate of drug-likeness (QED) is 0.492. The van der Waals surface area contributed by atoms with Crippen molar-refractivity contribution in [2.24, 2.45) is 0 Å². The topological polar surface area (TPSA) is 71.0 Å². The highest BCUT2D eigenvalue weighted by Gasteiger charge is 2.27. The van der Waals surface area contributed by atoms with Gasteiger partial charge in [-0.3, -0.25) is 14.3 Å². The zero-order valence-electron chi connectivity index (χ0n) is 16.9. The summed E-state index contributed by atoms with van der Waals surface area (Å²) in [6.45, 7) is 0.622. The van der Waals surface area contributed by atoms with E-state index in [1.165, 1.54) is 12.8 Å². The van der Waals surface area contributed by atoms with Crippen molar-refractivity contribution in [3.05, 3.63) is 69.1 Å². The molecule has 31 heavy (non-hydrogen) atoms. The number of rotatable bonds is 2. The summed E-state index contributed by atoms with van der Waals surface area (Å²) in [7, 11) is 0. The number of nitrogens with zero attached hydrogens (tertiary/aromatic N) is 3. The number of carbonyl (C=O) groups excluding carboxylic acids is 1. The van der Waals surface area contributed by atoms with Crippen molar-refractivity contribution in [1.82, 2.24) is 14.8 Å². The first kappa shape index (κ1) is 18.6. The first-order chi connectivity index (χ1) is 15.1. The molecule has 1 fully saturated rings. The summed E-state index contributed by atoms with van der Waals surface area (Å²) in [6.07, 6.45) is 6.99. The number of halogens is 1. The molecule has 1 aliphatic carbocycles. The predicted molar refractivity (Wildman–Crippen MR) is 122 cm³/mol. The maximum absolute atomic E-state index is 13.3. The van der Waals surface area contributed by atoms with E-state index in [9.17, 15) is 9.59 Å². The minimum absolute atomic E-state index is 0.0757. The molecule has 0 radical (unpaired) electrons. The summed E-state index contributed by atoms with van der Waals surface area (Å²) < 4.78 is 2.02. The lowest BCUT2D eigenvalue weighted by Gasteiger charge is -2.18. The molecule has 1 saturated carbocycles. The van der Waals surface area contributed by atoms with E-state index in [4.69, 9.17) is 11.6 Å². The third-order valence-electron chi connectivity index (χ3n) is 6.66. The van der Waals surface area contributed by atoms with E-state index in [0.29, 0.717) is 34.1 Å². The molecule has 2 aromatic heterocycles. The summed E-state index contributed by atoms with van der Waals surface area (Å²) in [6, 6.07) is 11.5. The van der Waals surface area contributed by atoms with E-state index in [2.05, 4.69) is 10.1 Å². The van der Waals surface area contributed by atoms with Gasteiger partial charge in [-0.25, -0.2) is 0 Å². The molecule has 0 saturated heterocycles. The third kappa shape index (κ3) is 2.89. The second-order valence-corrected chi connectivity index (χ2v) is 8.92. The lowest BCUT2D eigenvalue weighted by atomic mass is 10.1. The van der Waals surface area contributed by atoms with Crippen LogP contribution in [0.15, 0.2) is 47.4 Å². The smallest absolute Gasteiger partial charge is 0.259 e. The van der Waals surface area contributed by atoms with Gasteiger partial charge in [0.1, 0.15) is 0 Å². The van der Waals surface area contributed by atoms with Crippen LogP contribution in [0, 0.1) is 0 Å². The Hall–Kier alpha value is -3.12. The number of hydrogen-bond donors (Lipinski definition) is 1. The molecule has 0 spiro atoms. The predicted octanol–water partition coefficient (Wildman–Crippen LogP) is 4.85. The molecular weight excluding hydrogens is 412 g/mol. The number of hydrogen-bond acceptors (Lipinski definition) is 3. The van der Waals surface area contributed by atoms with Crippen LogP contribution in [0.3, 0.4) is 0 Å². The average molecular weight is 433 g/mol. The Kier molecular flexibility index (Phi) is 4.18. The Labute approximate surface area is 183 Å². The second-order valence-electron chi connectivity index (χ2n) is 8.48. The maximum atomic E-state index is 13.3. The monoisotopic (exact) mass is 432 g/mol. The van der Waals surface area contributed by atoms with E-state index in [1.54, 1.807) is 17.2 Å². The van der Waals surface area contributed by atoms with Gasteiger partial charge in [-0.05, 0) is 61.2 Å². The number of fused-ring (bicyclic) bond motifs is 4. The molecule has 2 aliphatic rings. The average Bonchev–Trinajstić information content (AvgIpc) is 3.51. The van der Waals surface area contributed by atoms with Crippen molar-refractivity contribution >= 4 is 45.0 Å². The van der Waals surface area contributed by atoms with Gasteiger partial charge in [0.25, 0.3) is 11.5 Å². The first-order valence-electron chi connectivity index (χ1n) is 10.7. The van der Waals surface area contributed by atoms with Crippen LogP contribution >= 0.6 is 11.6 Å². The van der Waals surface area contributed by atoms with E-state index in [0.717, 1.165) is 41.4 Å². The van der Waals surface area contributed by atoms with Gasteiger partial charge >= 0.3 is 0 Å². The Balaban J connectivity index is 1.45. The normalized spacial score (nSPS) is 16.5. The number of pyridine rings is 1. The number of anilines is 1. The van der Waals surface area contributed by atoms with E-state index < -0.39 is 0 Å². The second kappa shape index (κ2) is 6.95. The summed E-state index contributed by atoms with van der Waals surface area (Å²) in [5.74, 6) is -0.0757. The molecule has 6 rings (SSSR count). The molecule has 4 aromatic rings. The van der Waals surface area contributed by atoms with Crippen LogP contribution in [0.25, 0.3) is 21.8 Å². The van der Waals surface area contributed by atoms with Gasteiger partial charge in [0.2, 0.25) is 0 Å². The third-order valence-corrected chi connectivity index (χ3v) is 6.90. The van der Waals surface area contributed by atoms with Gasteiger partial charge < -0.3 is 9.88 Å². The minimum atomic E-state index is -0.169. The fourth-order valence-electron chi connectivity index (χ4n) is 5.14. The van der Waals surface area contributed by atoms with Crippen LogP contribution in [0.2, 0.25) is 5.02 Å². The highest BCUT2D eigenvalue weighted by atomic mass is 35.5. The van der Waals surface area contributed by atoms with E-state index in [-0.39, 0.29) is 11.5 Å². The van der Waals surface area contributed by atoms with Crippen molar-refractivity contribution in [3.63, 3.8) is 0 Å². The number of H-pyrrole nitrogens is 1. The largest absolute Gasteiger partial charge is 0.321 e. The summed E-state index contributed by atoms with van der Waals surface area (Å²) >= 11 is 6.10. The summed E-state index contributed by atoms with van der Waals surface area (Å²) in [5, 5.41) is 6.75. The lowest BCUT2D eigenvalue weighted by Crippen LogP contribution is -2.28. The van der Waals surface area contributed by atoms with E-state index >= 15 is 0 Å². The molecule has 3 heterocycles. The highest BCUT2D eigenvalue weighted by molar-refractivity contribution is 6.30. The Morgan fingerprint density at radius 2 is 1.94 bits per heavy atom. The lowest BCUT2D eigenvalue weighted by molar-refractivity contribution is 0.0989. The molecule has 1 amide bonds. The summed E-state index contributed by atoms with van der Waals surface area (Å²) in [5.41, 5.74) is 3.90. The Morgan fingerprint density at radius 3 is 2.77 bits per heavy atom. The number of amides is 1. The standard InChI is InChI=1S/C24H21ClN4O2/c25-16-6-8-21-14(11-16)9-10-28(21)24(31)15-5-7-18-20(12-15)27-23(30)19-13-26-29(22(18)19)17-3-1-2-4-17/h5-8,11-13,17H,1-4,9-10H2,(H,27,30). The van der Waals surface area contributed by atoms with Crippen molar-refractivity contribution in [1.29, 1.82) is 0 Å². The molecule has 7 heteroatoms. The highest BCUT2D eigenvalue weighted by Crippen LogP contribution is 2.34. The van der Waals surface area contributed by atoms with Gasteiger partial charge in [-0.1, -0.05) is 24.4 Å². The molecule has 0 unspecified atom stereocenters. The molecule has 2 aromatic carbocycles. The molecule has 0 atom stereocenters. The van der Waals surface area contributed by atoms with Crippen LogP contribution in [0.1, 0.15) is 47.6 Å². The van der Waals surface area contributed by atoms with Gasteiger partial charge in [0, 0.05) is 28.2 Å². The zero-order valence-corrected chi connectivity index (χ0v) is 17.7. The Morgan fingerprint density at radius 1 is 1.10 bits per heavy atom. The number of carbonyl (C=O) groups is 1. The molecular formula is C24H21ClN4O2. The van der Waals surface area contributed by atoms with Crippen molar-refractivity contribution in [3.8, 4) is 0 Å². The maximum Gasteiger partial charge on any atom is 0.259 e. The molecule has 1 aliphatic heterocycles. The molecule has 156 valence electrons. The van der Waals surface area contributed by atoms with Gasteiger partial charge in [0.15, 0.2) is 0 Å². The van der Waals surface area contributed by atoms with Crippen LogP contribution in [-0.2, 0) is 6.42 Å². The minimum Gasteiger partial charge on any atom is -0.321 e. The van der Waals surface area contributed by atoms with Gasteiger partial charge in [-0.15, -0.1) is 0 Å². The van der Waals surface area contributed by atoms with Crippen LogP contribution in [0.5, 0.6) is 0 Å². The van der Waals surface area contributed by atoms with Gasteiger partial charge in [-0.2, -0.15) is 5.10 Å². The summed E-state index contributed by atoms with van der Waals surface area (Å²) in [4.78, 5) is 30.8. The van der Waals surface area contributed by atoms with E-state index in [1.807, 2.05) is 35.0 Å². The number of benzene rings is 2. The first-order valence-corrected chi connectivity index (χ1v) is 11.1. The van der Waals surface area contributed by atoms with Crippen molar-refractivity contribution in [2.75, 3.05) is 11.4 Å². The van der Waals surface area contributed by atoms with Gasteiger partial charge in [0.05, 0.1) is 28.7 Å². The van der Waals surface area contributed by atoms with Crippen LogP contribution in [0.4, 0.5) is 5.69 Å². The number of aromatic amines is 1. The van der Waals surface area contributed by atoms with Crippen LogP contribution < -0.4 is 10.5 Å².